The highest BCUT2D eigenvalue weighted by Crippen LogP contribution is 2.26. The summed E-state index contributed by atoms with van der Waals surface area (Å²) in [5.41, 5.74) is 5.43. The standard InChI is InChI=1S/C22H22N4O2/c1-13-6-9-16(10-7-13)5-4-12-26-19-15(3)14(2)8-11-17(19)23-18-20(26)24-22(28)25-21(18)27/h6-11H,4-5,12H2,1-3H3,(H,25,27,28). The van der Waals surface area contributed by atoms with Gasteiger partial charge in [-0.3, -0.25) is 9.78 Å². The van der Waals surface area contributed by atoms with Crippen LogP contribution in [0.5, 0.6) is 0 Å². The zero-order valence-electron chi connectivity index (χ0n) is 16.2. The van der Waals surface area contributed by atoms with Crippen molar-refractivity contribution in [2.45, 2.75) is 40.2 Å². The van der Waals surface area contributed by atoms with Gasteiger partial charge in [0, 0.05) is 6.54 Å². The van der Waals surface area contributed by atoms with Crippen molar-refractivity contribution in [3.05, 3.63) is 79.5 Å². The minimum atomic E-state index is -0.642. The van der Waals surface area contributed by atoms with Gasteiger partial charge in [-0.25, -0.2) is 9.78 Å². The Balaban J connectivity index is 1.83. The molecule has 2 aromatic carbocycles. The number of fused-ring (bicyclic) bond motifs is 2. The summed E-state index contributed by atoms with van der Waals surface area (Å²) in [6.45, 7) is 6.79. The van der Waals surface area contributed by atoms with Gasteiger partial charge in [0.25, 0.3) is 5.56 Å². The summed E-state index contributed by atoms with van der Waals surface area (Å²) < 4.78 is 1.98. The lowest BCUT2D eigenvalue weighted by Gasteiger charge is -2.19. The van der Waals surface area contributed by atoms with E-state index in [2.05, 4.69) is 46.1 Å². The van der Waals surface area contributed by atoms with E-state index in [1.54, 1.807) is 0 Å². The molecule has 2 aliphatic heterocycles. The van der Waals surface area contributed by atoms with Crippen molar-refractivity contribution in [1.29, 1.82) is 0 Å². The van der Waals surface area contributed by atoms with E-state index in [0.29, 0.717) is 12.4 Å². The van der Waals surface area contributed by atoms with Crippen LogP contribution in [0.4, 0.5) is 0 Å². The topological polar surface area (TPSA) is 80.6 Å². The summed E-state index contributed by atoms with van der Waals surface area (Å²) >= 11 is 0. The molecule has 0 unspecified atom stereocenters. The first-order chi connectivity index (χ1) is 13.4. The molecule has 2 aromatic rings. The fraction of sp³-hybridized carbons (Fsp3) is 0.273. The molecule has 0 atom stereocenters. The van der Waals surface area contributed by atoms with Crippen LogP contribution in [0.25, 0.3) is 22.6 Å². The number of H-pyrrole nitrogens is 1. The second kappa shape index (κ2) is 7.03. The molecule has 0 amide bonds. The normalized spacial score (nSPS) is 11.4. The van der Waals surface area contributed by atoms with E-state index < -0.39 is 11.2 Å². The average molecular weight is 374 g/mol. The van der Waals surface area contributed by atoms with Crippen molar-refractivity contribution in [3.63, 3.8) is 0 Å². The number of aromatic amines is 1. The van der Waals surface area contributed by atoms with Crippen molar-refractivity contribution < 1.29 is 0 Å². The zero-order valence-corrected chi connectivity index (χ0v) is 16.2. The van der Waals surface area contributed by atoms with Crippen LogP contribution in [0.2, 0.25) is 0 Å². The number of aryl methyl sites for hydroxylation is 5. The van der Waals surface area contributed by atoms with Gasteiger partial charge in [-0.15, -0.1) is 0 Å². The summed E-state index contributed by atoms with van der Waals surface area (Å²) in [4.78, 5) is 35.0. The monoisotopic (exact) mass is 374 g/mol. The molecule has 6 heteroatoms. The lowest BCUT2D eigenvalue weighted by molar-refractivity contribution is 0.647. The fourth-order valence-corrected chi connectivity index (χ4v) is 3.58. The minimum Gasteiger partial charge on any atom is -0.322 e. The highest BCUT2D eigenvalue weighted by atomic mass is 16.2. The van der Waals surface area contributed by atoms with E-state index in [9.17, 15) is 9.59 Å². The minimum absolute atomic E-state index is 0.200. The molecule has 0 aliphatic carbocycles. The van der Waals surface area contributed by atoms with Gasteiger partial charge in [-0.05, 0) is 56.4 Å². The van der Waals surface area contributed by atoms with Crippen LogP contribution in [-0.2, 0) is 13.0 Å². The van der Waals surface area contributed by atoms with E-state index >= 15 is 0 Å². The molecule has 1 N–H and O–H groups in total. The lowest BCUT2D eigenvalue weighted by atomic mass is 10.1. The first kappa shape index (κ1) is 18.1. The lowest BCUT2D eigenvalue weighted by Crippen LogP contribution is -2.29. The van der Waals surface area contributed by atoms with Crippen LogP contribution in [-0.4, -0.2) is 19.5 Å². The maximum atomic E-state index is 12.3. The molecule has 2 aliphatic rings. The first-order valence-electron chi connectivity index (χ1n) is 9.40. The second-order valence-corrected chi connectivity index (χ2v) is 7.27. The Morgan fingerprint density at radius 2 is 1.71 bits per heavy atom. The Morgan fingerprint density at radius 1 is 0.964 bits per heavy atom. The van der Waals surface area contributed by atoms with Crippen molar-refractivity contribution in [2.24, 2.45) is 0 Å². The summed E-state index contributed by atoms with van der Waals surface area (Å²) in [5.74, 6) is 0.346. The molecule has 0 aromatic heterocycles. The van der Waals surface area contributed by atoms with Crippen LogP contribution in [0.15, 0.2) is 46.0 Å². The van der Waals surface area contributed by atoms with Gasteiger partial charge >= 0.3 is 5.69 Å². The maximum absolute atomic E-state index is 12.3. The number of rotatable bonds is 4. The van der Waals surface area contributed by atoms with Gasteiger partial charge in [0.05, 0.1) is 11.0 Å². The van der Waals surface area contributed by atoms with Crippen LogP contribution in [0, 0.1) is 20.8 Å². The summed E-state index contributed by atoms with van der Waals surface area (Å²) in [7, 11) is 0. The molecule has 0 saturated heterocycles. The van der Waals surface area contributed by atoms with E-state index in [1.807, 2.05) is 30.5 Å². The highest BCUT2D eigenvalue weighted by molar-refractivity contribution is 5.83. The first-order valence-corrected chi connectivity index (χ1v) is 9.40. The molecule has 28 heavy (non-hydrogen) atoms. The van der Waals surface area contributed by atoms with E-state index in [0.717, 1.165) is 35.0 Å². The Hall–Kier alpha value is -3.28. The number of hydrogen-bond acceptors (Lipinski definition) is 4. The van der Waals surface area contributed by atoms with E-state index in [1.165, 1.54) is 11.1 Å². The summed E-state index contributed by atoms with van der Waals surface area (Å²) in [5, 5.41) is 0. The molecule has 0 saturated carbocycles. The number of nitrogens with zero attached hydrogens (tertiary/aromatic N) is 3. The Kier molecular flexibility index (Phi) is 4.55. The molecule has 2 heterocycles. The second-order valence-electron chi connectivity index (χ2n) is 7.27. The van der Waals surface area contributed by atoms with Crippen molar-refractivity contribution >= 4 is 11.0 Å². The SMILES string of the molecule is Cc1ccc(CCCn2c3nc(=O)[nH]c(=O)c-3nc3ccc(C)c(C)c32)cc1. The van der Waals surface area contributed by atoms with Gasteiger partial charge in [0.1, 0.15) is 0 Å². The van der Waals surface area contributed by atoms with Crippen molar-refractivity contribution in [1.82, 2.24) is 19.5 Å². The van der Waals surface area contributed by atoms with Crippen LogP contribution in [0.1, 0.15) is 28.7 Å². The van der Waals surface area contributed by atoms with Gasteiger partial charge < -0.3 is 4.57 Å². The third-order valence-electron chi connectivity index (χ3n) is 5.26. The third kappa shape index (κ3) is 3.22. The molecule has 0 bridgehead atoms. The number of nitrogens with one attached hydrogen (secondary N) is 1. The predicted octanol–water partition coefficient (Wildman–Crippen LogP) is 3.14. The molecule has 0 fully saturated rings. The largest absolute Gasteiger partial charge is 0.349 e. The molecule has 0 spiro atoms. The number of aromatic nitrogens is 4. The van der Waals surface area contributed by atoms with E-state index in [4.69, 9.17) is 0 Å². The molecule has 4 rings (SSSR count). The Morgan fingerprint density at radius 3 is 2.46 bits per heavy atom. The average Bonchev–Trinajstić information content (AvgIpc) is 2.66. The summed E-state index contributed by atoms with van der Waals surface area (Å²) in [6.07, 6.45) is 1.76. The van der Waals surface area contributed by atoms with Crippen molar-refractivity contribution in [3.8, 4) is 11.5 Å². The molecule has 0 radical (unpaired) electrons. The Labute approximate surface area is 162 Å². The molecule has 6 nitrogen and oxygen atoms in total. The maximum Gasteiger partial charge on any atom is 0.349 e. The molecular formula is C22H22N4O2. The molecular weight excluding hydrogens is 352 g/mol. The summed E-state index contributed by atoms with van der Waals surface area (Å²) in [6, 6.07) is 12.4. The highest BCUT2D eigenvalue weighted by Gasteiger charge is 2.19. The fourth-order valence-electron chi connectivity index (χ4n) is 3.58. The predicted molar refractivity (Wildman–Crippen MR) is 110 cm³/mol. The van der Waals surface area contributed by atoms with Gasteiger partial charge in [0.15, 0.2) is 11.5 Å². The number of hydrogen-bond donors (Lipinski definition) is 1. The quantitative estimate of drug-likeness (QED) is 0.557. The molecule has 142 valence electrons. The van der Waals surface area contributed by atoms with Gasteiger partial charge in [0.2, 0.25) is 0 Å². The van der Waals surface area contributed by atoms with Crippen molar-refractivity contribution in [2.75, 3.05) is 0 Å². The van der Waals surface area contributed by atoms with Crippen LogP contribution in [0.3, 0.4) is 0 Å². The third-order valence-corrected chi connectivity index (χ3v) is 5.26. The smallest absolute Gasteiger partial charge is 0.322 e. The van der Waals surface area contributed by atoms with Gasteiger partial charge in [-0.2, -0.15) is 4.98 Å². The van der Waals surface area contributed by atoms with E-state index in [-0.39, 0.29) is 5.69 Å². The van der Waals surface area contributed by atoms with Gasteiger partial charge in [-0.1, -0.05) is 35.9 Å². The Bertz CT molecular complexity index is 1250. The van der Waals surface area contributed by atoms with Crippen LogP contribution < -0.4 is 11.2 Å². The number of benzene rings is 2. The van der Waals surface area contributed by atoms with Crippen LogP contribution >= 0.6 is 0 Å². The zero-order chi connectivity index (χ0) is 19.8.